The number of alkyl halides is 1. The molecule has 0 aliphatic heterocycles. The van der Waals surface area contributed by atoms with E-state index in [-0.39, 0.29) is 11.5 Å². The van der Waals surface area contributed by atoms with E-state index in [1.807, 2.05) is 12.1 Å². The van der Waals surface area contributed by atoms with E-state index in [1.165, 1.54) is 0 Å². The van der Waals surface area contributed by atoms with Gasteiger partial charge in [-0.15, -0.1) is 11.6 Å². The van der Waals surface area contributed by atoms with Crippen molar-refractivity contribution in [3.8, 4) is 11.5 Å². The molecule has 4 nitrogen and oxygen atoms in total. The Bertz CT molecular complexity index is 499. The lowest BCUT2D eigenvalue weighted by Crippen LogP contribution is -2.12. The molecule has 0 saturated heterocycles. The molecule has 0 atom stereocenters. The predicted molar refractivity (Wildman–Crippen MR) is 77.0 cm³/mol. The second-order valence-corrected chi connectivity index (χ2v) is 6.80. The van der Waals surface area contributed by atoms with E-state index in [9.17, 15) is 8.42 Å². The van der Waals surface area contributed by atoms with Gasteiger partial charge in [0.1, 0.15) is 9.84 Å². The van der Waals surface area contributed by atoms with Crippen molar-refractivity contribution < 1.29 is 17.9 Å². The van der Waals surface area contributed by atoms with Crippen LogP contribution in [0.1, 0.15) is 18.9 Å². The van der Waals surface area contributed by atoms with Gasteiger partial charge in [-0.25, -0.2) is 8.42 Å². The minimum absolute atomic E-state index is 0.144. The third kappa shape index (κ3) is 5.28. The third-order valence-corrected chi connectivity index (χ3v) is 4.78. The van der Waals surface area contributed by atoms with Crippen LogP contribution in [0, 0.1) is 0 Å². The lowest BCUT2D eigenvalue weighted by Gasteiger charge is -2.11. The minimum Gasteiger partial charge on any atom is -0.493 e. The van der Waals surface area contributed by atoms with Crippen molar-refractivity contribution in [2.45, 2.75) is 19.2 Å². The molecule has 1 aromatic carbocycles. The van der Waals surface area contributed by atoms with Gasteiger partial charge in [-0.05, 0) is 24.1 Å². The maximum atomic E-state index is 11.3. The number of benzene rings is 1. The summed E-state index contributed by atoms with van der Waals surface area (Å²) in [7, 11) is -1.37. The van der Waals surface area contributed by atoms with Crippen molar-refractivity contribution in [2.24, 2.45) is 0 Å². The molecule has 0 radical (unpaired) electrons. The van der Waals surface area contributed by atoms with Gasteiger partial charge in [-0.2, -0.15) is 0 Å². The molecule has 1 aromatic rings. The second kappa shape index (κ2) is 7.60. The van der Waals surface area contributed by atoms with E-state index in [0.717, 1.165) is 5.56 Å². The number of hydrogen-bond donors (Lipinski definition) is 0. The third-order valence-electron chi connectivity index (χ3n) is 2.68. The smallest absolute Gasteiger partial charge is 0.161 e. The largest absolute Gasteiger partial charge is 0.493 e. The summed E-state index contributed by atoms with van der Waals surface area (Å²) in [5.41, 5.74) is 0.944. The van der Waals surface area contributed by atoms with E-state index in [0.29, 0.717) is 30.4 Å². The second-order valence-electron chi connectivity index (χ2n) is 4.06. The highest BCUT2D eigenvalue weighted by atomic mass is 35.5. The molecule has 0 amide bonds. The summed E-state index contributed by atoms with van der Waals surface area (Å²) in [6.07, 6.45) is 0.469. The summed E-state index contributed by atoms with van der Waals surface area (Å²) in [4.78, 5) is 0. The number of halogens is 1. The summed E-state index contributed by atoms with van der Waals surface area (Å²) in [5.74, 6) is 1.93. The summed E-state index contributed by atoms with van der Waals surface area (Å²) < 4.78 is 33.4. The lowest BCUT2D eigenvalue weighted by atomic mass is 10.2. The first-order valence-electron chi connectivity index (χ1n) is 6.08. The van der Waals surface area contributed by atoms with Gasteiger partial charge in [-0.3, -0.25) is 0 Å². The maximum Gasteiger partial charge on any atom is 0.161 e. The molecule has 0 spiro atoms. The topological polar surface area (TPSA) is 52.6 Å². The zero-order valence-corrected chi connectivity index (χ0v) is 12.8. The monoisotopic (exact) mass is 306 g/mol. The van der Waals surface area contributed by atoms with Gasteiger partial charge in [-0.1, -0.05) is 13.0 Å². The number of rotatable bonds is 8. The minimum atomic E-state index is -2.93. The number of ether oxygens (including phenoxy) is 2. The Morgan fingerprint density at radius 3 is 2.58 bits per heavy atom. The summed E-state index contributed by atoms with van der Waals surface area (Å²) >= 11 is 5.74. The molecule has 0 bridgehead atoms. The quantitative estimate of drug-likeness (QED) is 0.547. The average Bonchev–Trinajstić information content (AvgIpc) is 2.43. The Balaban J connectivity index is 2.54. The van der Waals surface area contributed by atoms with Crippen molar-refractivity contribution in [3.63, 3.8) is 0 Å². The molecular formula is C13H19ClO4S. The summed E-state index contributed by atoms with van der Waals surface area (Å²) in [5, 5.41) is 0. The Hall–Kier alpha value is -0.940. The molecule has 0 fully saturated rings. The molecule has 0 aromatic heterocycles. The van der Waals surface area contributed by atoms with Crippen LogP contribution < -0.4 is 9.47 Å². The highest BCUT2D eigenvalue weighted by molar-refractivity contribution is 7.91. The molecule has 0 saturated carbocycles. The summed E-state index contributed by atoms with van der Waals surface area (Å²) in [6, 6.07) is 5.45. The normalized spacial score (nSPS) is 11.3. The molecule has 6 heteroatoms. The predicted octanol–water partition coefficient (Wildman–Crippen LogP) is 2.64. The molecular weight excluding hydrogens is 288 g/mol. The lowest BCUT2D eigenvalue weighted by molar-refractivity contribution is 0.294. The van der Waals surface area contributed by atoms with Gasteiger partial charge in [0, 0.05) is 11.6 Å². The SMILES string of the molecule is CCS(=O)(=O)CCCOc1ccc(CCl)cc1OC. The van der Waals surface area contributed by atoms with Gasteiger partial charge in [0.05, 0.1) is 19.5 Å². The van der Waals surface area contributed by atoms with Crippen LogP contribution in [0.2, 0.25) is 0 Å². The first-order valence-corrected chi connectivity index (χ1v) is 8.44. The molecule has 108 valence electrons. The van der Waals surface area contributed by atoms with Crippen molar-refractivity contribution >= 4 is 21.4 Å². The molecule has 19 heavy (non-hydrogen) atoms. The van der Waals surface area contributed by atoms with Gasteiger partial charge in [0.2, 0.25) is 0 Å². The fraction of sp³-hybridized carbons (Fsp3) is 0.538. The van der Waals surface area contributed by atoms with Crippen LogP contribution >= 0.6 is 11.6 Å². The van der Waals surface area contributed by atoms with E-state index in [2.05, 4.69) is 0 Å². The van der Waals surface area contributed by atoms with Gasteiger partial charge < -0.3 is 9.47 Å². The van der Waals surface area contributed by atoms with Crippen LogP contribution in [0.3, 0.4) is 0 Å². The Morgan fingerprint density at radius 1 is 1.26 bits per heavy atom. The Kier molecular flexibility index (Phi) is 6.45. The Morgan fingerprint density at radius 2 is 2.00 bits per heavy atom. The van der Waals surface area contributed by atoms with Crippen LogP contribution in [-0.4, -0.2) is 33.6 Å². The fourth-order valence-corrected chi connectivity index (χ4v) is 2.53. The molecule has 1 rings (SSSR count). The first kappa shape index (κ1) is 16.1. The van der Waals surface area contributed by atoms with Gasteiger partial charge in [0.15, 0.2) is 11.5 Å². The van der Waals surface area contributed by atoms with Crippen LogP contribution in [0.15, 0.2) is 18.2 Å². The van der Waals surface area contributed by atoms with Crippen molar-refractivity contribution in [2.75, 3.05) is 25.2 Å². The molecule has 0 aliphatic rings. The van der Waals surface area contributed by atoms with Crippen molar-refractivity contribution in [1.29, 1.82) is 0 Å². The van der Waals surface area contributed by atoms with Crippen LogP contribution in [0.4, 0.5) is 0 Å². The van der Waals surface area contributed by atoms with Gasteiger partial charge >= 0.3 is 0 Å². The van der Waals surface area contributed by atoms with E-state index in [4.69, 9.17) is 21.1 Å². The van der Waals surface area contributed by atoms with Crippen LogP contribution in [-0.2, 0) is 15.7 Å². The maximum absolute atomic E-state index is 11.3. The molecule has 0 heterocycles. The van der Waals surface area contributed by atoms with Gasteiger partial charge in [0.25, 0.3) is 0 Å². The van der Waals surface area contributed by atoms with Crippen molar-refractivity contribution in [1.82, 2.24) is 0 Å². The summed E-state index contributed by atoms with van der Waals surface area (Å²) in [6.45, 7) is 1.99. The first-order chi connectivity index (χ1) is 9.02. The Labute approximate surface area is 119 Å². The molecule has 0 N–H and O–H groups in total. The van der Waals surface area contributed by atoms with E-state index in [1.54, 1.807) is 20.1 Å². The highest BCUT2D eigenvalue weighted by Crippen LogP contribution is 2.28. The van der Waals surface area contributed by atoms with Crippen LogP contribution in [0.25, 0.3) is 0 Å². The highest BCUT2D eigenvalue weighted by Gasteiger charge is 2.08. The standard InChI is InChI=1S/C13H19ClO4S/c1-3-19(15,16)8-4-7-18-12-6-5-11(10-14)9-13(12)17-2/h5-6,9H,3-4,7-8,10H2,1-2H3. The average molecular weight is 307 g/mol. The molecule has 0 unspecified atom stereocenters. The van der Waals surface area contributed by atoms with E-state index >= 15 is 0 Å². The van der Waals surface area contributed by atoms with E-state index < -0.39 is 9.84 Å². The van der Waals surface area contributed by atoms with Crippen molar-refractivity contribution in [3.05, 3.63) is 23.8 Å². The fourth-order valence-electron chi connectivity index (χ4n) is 1.52. The zero-order chi connectivity index (χ0) is 14.3. The number of hydrogen-bond acceptors (Lipinski definition) is 4. The zero-order valence-electron chi connectivity index (χ0n) is 11.2. The molecule has 0 aliphatic carbocycles. The number of sulfone groups is 1. The number of methoxy groups -OCH3 is 1. The van der Waals surface area contributed by atoms with Crippen LogP contribution in [0.5, 0.6) is 11.5 Å².